The standard InChI is InChI=1S/C26H31N3O6/c1-17-10-21(29-13-22(35-25(29)32)12-27-19(3)30)11-18(2)23(17)26(4)15-28(24(26)31)16-34-33-14-20-8-6-5-7-9-20/h5-11,22H,12-16H2,1-4H3,(H,27,30)/t22-,26?/m0/s1. The first kappa shape index (κ1) is 24.7. The molecule has 0 spiro atoms. The van der Waals surface area contributed by atoms with Gasteiger partial charge in [0.05, 0.1) is 18.5 Å². The smallest absolute Gasteiger partial charge is 0.414 e. The van der Waals surface area contributed by atoms with Gasteiger partial charge < -0.3 is 15.0 Å². The summed E-state index contributed by atoms with van der Waals surface area (Å²) in [5.74, 6) is -0.202. The fourth-order valence-corrected chi connectivity index (χ4v) is 4.92. The van der Waals surface area contributed by atoms with Crippen molar-refractivity contribution in [3.05, 3.63) is 64.7 Å². The fourth-order valence-electron chi connectivity index (χ4n) is 4.92. The van der Waals surface area contributed by atoms with E-state index in [-0.39, 0.29) is 25.1 Å². The number of aryl methyl sites for hydroxylation is 2. The van der Waals surface area contributed by atoms with Crippen LogP contribution in [-0.2, 0) is 36.1 Å². The van der Waals surface area contributed by atoms with Gasteiger partial charge in [0.15, 0.2) is 6.73 Å². The van der Waals surface area contributed by atoms with Crippen LogP contribution in [0, 0.1) is 13.8 Å². The number of likely N-dealkylation sites (tertiary alicyclic amines) is 1. The summed E-state index contributed by atoms with van der Waals surface area (Å²) >= 11 is 0. The maximum atomic E-state index is 13.1. The van der Waals surface area contributed by atoms with Crippen LogP contribution in [0.2, 0.25) is 0 Å². The van der Waals surface area contributed by atoms with Crippen molar-refractivity contribution in [3.8, 4) is 0 Å². The number of cyclic esters (lactones) is 1. The molecule has 2 fully saturated rings. The molecule has 186 valence electrons. The van der Waals surface area contributed by atoms with E-state index in [9.17, 15) is 14.4 Å². The number of hydrogen-bond donors (Lipinski definition) is 1. The Morgan fingerprint density at radius 3 is 2.46 bits per heavy atom. The molecule has 4 rings (SSSR count). The zero-order valence-corrected chi connectivity index (χ0v) is 20.5. The highest BCUT2D eigenvalue weighted by Crippen LogP contribution is 2.41. The van der Waals surface area contributed by atoms with E-state index in [1.165, 1.54) is 6.92 Å². The average Bonchev–Trinajstić information content (AvgIpc) is 3.20. The van der Waals surface area contributed by atoms with Gasteiger partial charge in [-0.1, -0.05) is 30.3 Å². The predicted molar refractivity (Wildman–Crippen MR) is 128 cm³/mol. The van der Waals surface area contributed by atoms with Gasteiger partial charge in [-0.15, -0.1) is 0 Å². The van der Waals surface area contributed by atoms with Gasteiger partial charge >= 0.3 is 6.09 Å². The van der Waals surface area contributed by atoms with Crippen molar-refractivity contribution in [2.24, 2.45) is 0 Å². The Morgan fingerprint density at radius 2 is 1.83 bits per heavy atom. The molecule has 0 aromatic heterocycles. The second kappa shape index (κ2) is 10.1. The third kappa shape index (κ3) is 5.16. The van der Waals surface area contributed by atoms with Gasteiger partial charge in [-0.05, 0) is 55.2 Å². The second-order valence-corrected chi connectivity index (χ2v) is 9.34. The number of anilines is 1. The number of amides is 3. The van der Waals surface area contributed by atoms with Crippen molar-refractivity contribution in [3.63, 3.8) is 0 Å². The molecule has 35 heavy (non-hydrogen) atoms. The Labute approximate surface area is 204 Å². The highest BCUT2D eigenvalue weighted by molar-refractivity contribution is 5.95. The van der Waals surface area contributed by atoms with Crippen LogP contribution in [-0.4, -0.2) is 55.3 Å². The third-order valence-electron chi connectivity index (χ3n) is 6.46. The van der Waals surface area contributed by atoms with E-state index < -0.39 is 17.6 Å². The summed E-state index contributed by atoms with van der Waals surface area (Å²) in [6.07, 6.45) is -0.855. The minimum Gasteiger partial charge on any atom is -0.442 e. The minimum absolute atomic E-state index is 0.0317. The van der Waals surface area contributed by atoms with Crippen molar-refractivity contribution in [2.45, 2.75) is 45.8 Å². The van der Waals surface area contributed by atoms with Crippen molar-refractivity contribution in [1.82, 2.24) is 10.2 Å². The summed E-state index contributed by atoms with van der Waals surface area (Å²) < 4.78 is 5.38. The summed E-state index contributed by atoms with van der Waals surface area (Å²) in [5, 5.41) is 2.68. The zero-order chi connectivity index (χ0) is 25.2. The Bertz CT molecular complexity index is 1100. The van der Waals surface area contributed by atoms with Gasteiger partial charge in [0, 0.05) is 19.2 Å². The van der Waals surface area contributed by atoms with E-state index in [0.717, 1.165) is 22.3 Å². The van der Waals surface area contributed by atoms with Gasteiger partial charge in [0.1, 0.15) is 12.7 Å². The quantitative estimate of drug-likeness (QED) is 0.256. The summed E-state index contributed by atoms with van der Waals surface area (Å²) in [6, 6.07) is 13.5. The summed E-state index contributed by atoms with van der Waals surface area (Å²) in [7, 11) is 0. The van der Waals surface area contributed by atoms with Gasteiger partial charge in [0.25, 0.3) is 0 Å². The lowest BCUT2D eigenvalue weighted by molar-refractivity contribution is -0.325. The molecular formula is C26H31N3O6. The molecule has 2 aliphatic rings. The van der Waals surface area contributed by atoms with Crippen LogP contribution < -0.4 is 10.2 Å². The van der Waals surface area contributed by atoms with Crippen LogP contribution in [0.25, 0.3) is 0 Å². The normalized spacial score (nSPS) is 21.7. The maximum absolute atomic E-state index is 13.1. The lowest BCUT2D eigenvalue weighted by atomic mass is 9.71. The van der Waals surface area contributed by atoms with E-state index in [1.54, 1.807) is 9.80 Å². The number of nitrogens with one attached hydrogen (secondary N) is 1. The van der Waals surface area contributed by atoms with Crippen LogP contribution in [0.4, 0.5) is 10.5 Å². The first-order valence-corrected chi connectivity index (χ1v) is 11.6. The Kier molecular flexibility index (Phi) is 7.09. The third-order valence-corrected chi connectivity index (χ3v) is 6.46. The Balaban J connectivity index is 1.37. The zero-order valence-electron chi connectivity index (χ0n) is 20.5. The van der Waals surface area contributed by atoms with Crippen LogP contribution in [0.5, 0.6) is 0 Å². The molecule has 2 atom stereocenters. The van der Waals surface area contributed by atoms with Gasteiger partial charge in [-0.3, -0.25) is 14.5 Å². The number of ether oxygens (including phenoxy) is 1. The minimum atomic E-state index is -0.672. The average molecular weight is 482 g/mol. The molecular weight excluding hydrogens is 450 g/mol. The molecule has 1 N–H and O–H groups in total. The van der Waals surface area contributed by atoms with E-state index in [4.69, 9.17) is 14.5 Å². The van der Waals surface area contributed by atoms with Crippen LogP contribution in [0.15, 0.2) is 42.5 Å². The lowest BCUT2D eigenvalue weighted by Gasteiger charge is -2.47. The van der Waals surface area contributed by atoms with E-state index in [1.807, 2.05) is 63.2 Å². The Hall–Kier alpha value is -3.43. The number of benzene rings is 2. The number of rotatable bonds is 9. The molecule has 1 unspecified atom stereocenters. The molecule has 2 aliphatic heterocycles. The molecule has 3 amide bonds. The van der Waals surface area contributed by atoms with Crippen molar-refractivity contribution >= 4 is 23.6 Å². The number of nitrogens with zero attached hydrogens (tertiary/aromatic N) is 2. The highest BCUT2D eigenvalue weighted by atomic mass is 17.2. The molecule has 2 heterocycles. The largest absolute Gasteiger partial charge is 0.442 e. The number of β-lactam (4-membered cyclic amide) rings is 1. The highest BCUT2D eigenvalue weighted by Gasteiger charge is 2.51. The molecule has 0 saturated carbocycles. The van der Waals surface area contributed by atoms with Gasteiger partial charge in [-0.2, -0.15) is 0 Å². The molecule has 9 nitrogen and oxygen atoms in total. The van der Waals surface area contributed by atoms with Gasteiger partial charge in [0.2, 0.25) is 11.8 Å². The first-order valence-electron chi connectivity index (χ1n) is 11.6. The first-order chi connectivity index (χ1) is 16.7. The van der Waals surface area contributed by atoms with Crippen LogP contribution in [0.3, 0.4) is 0 Å². The molecule has 2 saturated heterocycles. The molecule has 0 bridgehead atoms. The predicted octanol–water partition coefficient (Wildman–Crippen LogP) is 2.97. The van der Waals surface area contributed by atoms with Crippen molar-refractivity contribution < 1.29 is 28.9 Å². The SMILES string of the molecule is CC(=O)NC[C@H]1CN(c2cc(C)c(C3(C)CN(COOCc4ccccc4)C3=O)c(C)c2)C(=O)O1. The summed E-state index contributed by atoms with van der Waals surface area (Å²) in [5.41, 5.74) is 3.83. The maximum Gasteiger partial charge on any atom is 0.414 e. The van der Waals surface area contributed by atoms with Crippen LogP contribution >= 0.6 is 0 Å². The van der Waals surface area contributed by atoms with E-state index in [2.05, 4.69) is 5.32 Å². The van der Waals surface area contributed by atoms with Gasteiger partial charge in [-0.25, -0.2) is 14.6 Å². The topological polar surface area (TPSA) is 97.4 Å². The van der Waals surface area contributed by atoms with Crippen molar-refractivity contribution in [1.29, 1.82) is 0 Å². The molecule has 2 aromatic carbocycles. The monoisotopic (exact) mass is 481 g/mol. The van der Waals surface area contributed by atoms with Crippen LogP contribution in [0.1, 0.15) is 36.1 Å². The molecule has 9 heteroatoms. The van der Waals surface area contributed by atoms with E-state index >= 15 is 0 Å². The fraction of sp³-hybridized carbons (Fsp3) is 0.423. The van der Waals surface area contributed by atoms with Crippen molar-refractivity contribution in [2.75, 3.05) is 31.3 Å². The lowest BCUT2D eigenvalue weighted by Crippen LogP contribution is -2.63. The number of carbonyl (C=O) groups is 3. The second-order valence-electron chi connectivity index (χ2n) is 9.34. The number of carbonyl (C=O) groups excluding carboxylic acids is 3. The summed E-state index contributed by atoms with van der Waals surface area (Å²) in [6.45, 7) is 8.75. The van der Waals surface area contributed by atoms with E-state index in [0.29, 0.717) is 25.4 Å². The number of hydrogen-bond acceptors (Lipinski definition) is 6. The summed E-state index contributed by atoms with van der Waals surface area (Å²) in [4.78, 5) is 50.4. The Morgan fingerprint density at radius 1 is 1.14 bits per heavy atom. The molecule has 0 radical (unpaired) electrons. The molecule has 0 aliphatic carbocycles. The molecule has 2 aromatic rings.